The van der Waals surface area contributed by atoms with Gasteiger partial charge in [0.2, 0.25) is 0 Å². The van der Waals surface area contributed by atoms with E-state index in [0.717, 1.165) is 28.3 Å². The lowest BCUT2D eigenvalue weighted by Crippen LogP contribution is -2.21. The zero-order valence-electron chi connectivity index (χ0n) is 7.59. The van der Waals surface area contributed by atoms with E-state index in [1.807, 2.05) is 6.07 Å². The summed E-state index contributed by atoms with van der Waals surface area (Å²) in [6.07, 6.45) is 6.64. The summed E-state index contributed by atoms with van der Waals surface area (Å²) in [5.41, 5.74) is 2.00. The molecule has 0 atom stereocenters. The van der Waals surface area contributed by atoms with Crippen LogP contribution in [-0.4, -0.2) is 0 Å². The Kier molecular flexibility index (Phi) is 1.77. The highest BCUT2D eigenvalue weighted by atomic mass is 79.9. The molecule has 0 amide bonds. The predicted molar refractivity (Wildman–Crippen MR) is 61.3 cm³/mol. The van der Waals surface area contributed by atoms with Crippen LogP contribution < -0.4 is 10.6 Å². The standard InChI is InChI=1S/C12H9BrO/c13-8-5-6-10-9-3-1-2-4-11(9)14-12(10)7-8/h3-7H,1-2H2. The first-order valence-electron chi connectivity index (χ1n) is 4.73. The normalized spacial score (nSPS) is 14.6. The number of hydrogen-bond acceptors (Lipinski definition) is 1. The number of fused-ring (bicyclic) bond motifs is 3. The van der Waals surface area contributed by atoms with E-state index in [-0.39, 0.29) is 0 Å². The third kappa shape index (κ3) is 1.14. The molecular weight excluding hydrogens is 240 g/mol. The van der Waals surface area contributed by atoms with Crippen molar-refractivity contribution in [2.75, 3.05) is 0 Å². The van der Waals surface area contributed by atoms with Gasteiger partial charge in [-0.25, -0.2) is 0 Å². The van der Waals surface area contributed by atoms with Crippen molar-refractivity contribution in [1.29, 1.82) is 0 Å². The topological polar surface area (TPSA) is 13.1 Å². The Labute approximate surface area is 89.8 Å². The maximum Gasteiger partial charge on any atom is 0.136 e. The maximum absolute atomic E-state index is 5.75. The van der Waals surface area contributed by atoms with Crippen LogP contribution in [0, 0.1) is 0 Å². The quantitative estimate of drug-likeness (QED) is 0.699. The van der Waals surface area contributed by atoms with Crippen molar-refractivity contribution < 1.29 is 4.42 Å². The summed E-state index contributed by atoms with van der Waals surface area (Å²) in [6, 6.07) is 6.19. The molecule has 0 saturated carbocycles. The highest BCUT2D eigenvalue weighted by molar-refractivity contribution is 9.10. The smallest absolute Gasteiger partial charge is 0.136 e. The largest absolute Gasteiger partial charge is 0.456 e. The van der Waals surface area contributed by atoms with Crippen LogP contribution in [0.25, 0.3) is 23.1 Å². The first-order valence-corrected chi connectivity index (χ1v) is 5.52. The van der Waals surface area contributed by atoms with Crippen molar-refractivity contribution in [2.24, 2.45) is 0 Å². The molecule has 1 aromatic heterocycles. The highest BCUT2D eigenvalue weighted by Gasteiger charge is 2.05. The van der Waals surface area contributed by atoms with Gasteiger partial charge in [0.25, 0.3) is 0 Å². The lowest BCUT2D eigenvalue weighted by molar-refractivity contribution is 0.571. The van der Waals surface area contributed by atoms with Crippen LogP contribution in [0.15, 0.2) is 27.1 Å². The van der Waals surface area contributed by atoms with Crippen LogP contribution in [0.4, 0.5) is 0 Å². The molecule has 0 saturated heterocycles. The van der Waals surface area contributed by atoms with Crippen LogP contribution in [0.2, 0.25) is 0 Å². The van der Waals surface area contributed by atoms with E-state index in [4.69, 9.17) is 4.42 Å². The molecule has 2 heteroatoms. The molecule has 0 radical (unpaired) electrons. The Morgan fingerprint density at radius 2 is 2.00 bits per heavy atom. The maximum atomic E-state index is 5.75. The number of halogens is 1. The van der Waals surface area contributed by atoms with Crippen LogP contribution in [-0.2, 0) is 0 Å². The van der Waals surface area contributed by atoms with Crippen molar-refractivity contribution in [3.8, 4) is 0 Å². The third-order valence-electron chi connectivity index (χ3n) is 2.56. The van der Waals surface area contributed by atoms with Crippen molar-refractivity contribution in [1.82, 2.24) is 0 Å². The van der Waals surface area contributed by atoms with Gasteiger partial charge in [-0.3, -0.25) is 0 Å². The van der Waals surface area contributed by atoms with Crippen LogP contribution >= 0.6 is 15.9 Å². The minimum absolute atomic E-state index is 0.971. The van der Waals surface area contributed by atoms with E-state index >= 15 is 0 Å². The average Bonchev–Trinajstić information content (AvgIpc) is 2.54. The van der Waals surface area contributed by atoms with Crippen molar-refractivity contribution in [3.63, 3.8) is 0 Å². The Hall–Kier alpha value is -1.02. The second-order valence-corrected chi connectivity index (χ2v) is 4.42. The molecule has 70 valence electrons. The molecule has 0 unspecified atom stereocenters. The van der Waals surface area contributed by atoms with Crippen LogP contribution in [0.3, 0.4) is 0 Å². The summed E-state index contributed by atoms with van der Waals surface area (Å²) in [7, 11) is 0. The lowest BCUT2D eigenvalue weighted by Gasteiger charge is -1.91. The van der Waals surface area contributed by atoms with Gasteiger partial charge >= 0.3 is 0 Å². The molecule has 0 N–H and O–H groups in total. The van der Waals surface area contributed by atoms with Gasteiger partial charge in [0, 0.05) is 15.1 Å². The number of benzene rings is 1. The number of hydrogen-bond donors (Lipinski definition) is 0. The predicted octanol–water partition coefficient (Wildman–Crippen LogP) is 2.55. The van der Waals surface area contributed by atoms with E-state index in [0.29, 0.717) is 0 Å². The fraction of sp³-hybridized carbons (Fsp3) is 0.167. The SMILES string of the molecule is Brc1ccc2c3c(oc2c1)=CCCC=3. The van der Waals surface area contributed by atoms with E-state index in [1.54, 1.807) is 0 Å². The highest BCUT2D eigenvalue weighted by Crippen LogP contribution is 2.17. The second-order valence-electron chi connectivity index (χ2n) is 3.51. The molecule has 0 fully saturated rings. The molecule has 1 heterocycles. The minimum atomic E-state index is 0.971. The fourth-order valence-corrected chi connectivity index (χ4v) is 2.25. The number of furan rings is 1. The summed E-state index contributed by atoms with van der Waals surface area (Å²) in [6.45, 7) is 0. The van der Waals surface area contributed by atoms with E-state index in [1.165, 1.54) is 10.6 Å². The van der Waals surface area contributed by atoms with Gasteiger partial charge in [0.15, 0.2) is 0 Å². The van der Waals surface area contributed by atoms with Gasteiger partial charge in [0.1, 0.15) is 11.0 Å². The molecule has 0 bridgehead atoms. The molecule has 1 nitrogen and oxygen atoms in total. The molecule has 14 heavy (non-hydrogen) atoms. The van der Waals surface area contributed by atoms with Gasteiger partial charge in [-0.15, -0.1) is 0 Å². The summed E-state index contributed by atoms with van der Waals surface area (Å²) in [5.74, 6) is 0. The summed E-state index contributed by atoms with van der Waals surface area (Å²) in [4.78, 5) is 0. The average molecular weight is 249 g/mol. The molecule has 0 aliphatic heterocycles. The van der Waals surface area contributed by atoms with Gasteiger partial charge in [-0.2, -0.15) is 0 Å². The Morgan fingerprint density at radius 1 is 1.14 bits per heavy atom. The second kappa shape index (κ2) is 2.99. The fourth-order valence-electron chi connectivity index (χ4n) is 1.91. The minimum Gasteiger partial charge on any atom is -0.456 e. The van der Waals surface area contributed by atoms with Gasteiger partial charge < -0.3 is 4.42 Å². The summed E-state index contributed by atoms with van der Waals surface area (Å²) >= 11 is 3.45. The van der Waals surface area contributed by atoms with Crippen molar-refractivity contribution in [3.05, 3.63) is 33.3 Å². The van der Waals surface area contributed by atoms with E-state index < -0.39 is 0 Å². The van der Waals surface area contributed by atoms with Gasteiger partial charge in [-0.1, -0.05) is 22.0 Å². The van der Waals surface area contributed by atoms with Gasteiger partial charge in [0.05, 0.1) is 0 Å². The third-order valence-corrected chi connectivity index (χ3v) is 3.06. The Bertz CT molecular complexity index is 607. The van der Waals surface area contributed by atoms with E-state index in [2.05, 4.69) is 40.2 Å². The molecule has 1 aliphatic carbocycles. The first kappa shape index (κ1) is 8.30. The molecule has 1 aliphatic rings. The van der Waals surface area contributed by atoms with Crippen LogP contribution in [0.1, 0.15) is 12.8 Å². The molecule has 2 aromatic rings. The Balaban J connectivity index is 2.56. The zero-order chi connectivity index (χ0) is 9.54. The zero-order valence-corrected chi connectivity index (χ0v) is 9.17. The van der Waals surface area contributed by atoms with Gasteiger partial charge in [-0.05, 0) is 37.1 Å². The first-order chi connectivity index (χ1) is 6.84. The van der Waals surface area contributed by atoms with Crippen LogP contribution in [0.5, 0.6) is 0 Å². The van der Waals surface area contributed by atoms with E-state index in [9.17, 15) is 0 Å². The number of rotatable bonds is 0. The summed E-state index contributed by atoms with van der Waals surface area (Å²) in [5, 5.41) is 2.48. The Morgan fingerprint density at radius 3 is 2.93 bits per heavy atom. The molecule has 1 aromatic carbocycles. The molecular formula is C12H9BrO. The summed E-state index contributed by atoms with van der Waals surface area (Å²) < 4.78 is 6.82. The monoisotopic (exact) mass is 248 g/mol. The van der Waals surface area contributed by atoms with Crippen molar-refractivity contribution in [2.45, 2.75) is 12.8 Å². The lowest BCUT2D eigenvalue weighted by atomic mass is 10.1. The molecule has 0 spiro atoms. The molecule has 3 rings (SSSR count). The van der Waals surface area contributed by atoms with Crippen molar-refractivity contribution >= 4 is 39.1 Å².